The first kappa shape index (κ1) is 17.4. The van der Waals surface area contributed by atoms with Gasteiger partial charge < -0.3 is 14.4 Å². The molecule has 0 aliphatic carbocycles. The van der Waals surface area contributed by atoms with Gasteiger partial charge in [0.05, 0.1) is 26.2 Å². The lowest BCUT2D eigenvalue weighted by Crippen LogP contribution is -3.14. The fourth-order valence-electron chi connectivity index (χ4n) is 3.40. The number of nitrogens with zero attached hydrogens (tertiary/aromatic N) is 4. The van der Waals surface area contributed by atoms with Gasteiger partial charge >= 0.3 is 0 Å². The van der Waals surface area contributed by atoms with Crippen molar-refractivity contribution in [1.29, 1.82) is 0 Å². The number of nitrogens with one attached hydrogen (secondary N) is 2. The van der Waals surface area contributed by atoms with E-state index in [2.05, 4.69) is 39.5 Å². The Hall–Kier alpha value is -2.03. The Balaban J connectivity index is 1.40. The second-order valence-corrected chi connectivity index (χ2v) is 8.06. The molecule has 0 saturated carbocycles. The maximum atomic E-state index is 5.62. The van der Waals surface area contributed by atoms with Crippen molar-refractivity contribution in [2.24, 2.45) is 7.05 Å². The van der Waals surface area contributed by atoms with Gasteiger partial charge in [0.2, 0.25) is 4.77 Å². The van der Waals surface area contributed by atoms with Crippen LogP contribution in [0, 0.1) is 4.77 Å². The van der Waals surface area contributed by atoms with Crippen LogP contribution in [-0.4, -0.2) is 40.5 Å². The van der Waals surface area contributed by atoms with E-state index in [9.17, 15) is 0 Å². The number of piperazine rings is 1. The van der Waals surface area contributed by atoms with Crippen LogP contribution in [0.2, 0.25) is 0 Å². The molecule has 0 spiro atoms. The van der Waals surface area contributed by atoms with Crippen LogP contribution in [0.15, 0.2) is 42.0 Å². The summed E-state index contributed by atoms with van der Waals surface area (Å²) in [5, 5.41) is 6.91. The molecule has 0 unspecified atom stereocenters. The standard InChI is InChI=1S/C18H22N6S2/c1-21-17(13-16-3-2-12-26-16)20-24(18(21)25)14-22-8-10-23(11-9-22)15-4-6-19-7-5-15/h2-7,12H,8-11,13-14H2,1H3/p+2. The van der Waals surface area contributed by atoms with E-state index in [0.29, 0.717) is 0 Å². The van der Waals surface area contributed by atoms with Gasteiger partial charge in [-0.2, -0.15) is 9.78 Å². The molecular weight excluding hydrogens is 364 g/mol. The lowest BCUT2D eigenvalue weighted by Gasteiger charge is -2.33. The Morgan fingerprint density at radius 3 is 2.69 bits per heavy atom. The molecule has 8 heteroatoms. The molecule has 136 valence electrons. The van der Waals surface area contributed by atoms with Gasteiger partial charge in [-0.15, -0.1) is 11.3 Å². The van der Waals surface area contributed by atoms with E-state index < -0.39 is 0 Å². The Morgan fingerprint density at radius 2 is 2.00 bits per heavy atom. The Morgan fingerprint density at radius 1 is 1.23 bits per heavy atom. The molecule has 4 rings (SSSR count). The summed E-state index contributed by atoms with van der Waals surface area (Å²) in [4.78, 5) is 8.38. The van der Waals surface area contributed by atoms with Gasteiger partial charge in [-0.05, 0) is 23.7 Å². The van der Waals surface area contributed by atoms with Gasteiger partial charge in [0.1, 0.15) is 5.82 Å². The molecule has 6 nitrogen and oxygen atoms in total. The zero-order valence-electron chi connectivity index (χ0n) is 14.9. The minimum Gasteiger partial charge on any atom is -0.360 e. The second kappa shape index (κ2) is 7.69. The summed E-state index contributed by atoms with van der Waals surface area (Å²) in [6, 6.07) is 8.51. The minimum absolute atomic E-state index is 0.810. The summed E-state index contributed by atoms with van der Waals surface area (Å²) >= 11 is 7.38. The highest BCUT2D eigenvalue weighted by molar-refractivity contribution is 7.71. The predicted molar refractivity (Wildman–Crippen MR) is 105 cm³/mol. The number of rotatable bonds is 5. The van der Waals surface area contributed by atoms with E-state index in [1.165, 1.54) is 15.5 Å². The maximum Gasteiger partial charge on any atom is 0.202 e. The summed E-state index contributed by atoms with van der Waals surface area (Å²) in [5.41, 5.74) is 1.29. The summed E-state index contributed by atoms with van der Waals surface area (Å²) in [6.07, 6.45) is 4.81. The number of anilines is 1. The van der Waals surface area contributed by atoms with Crippen LogP contribution in [0.5, 0.6) is 0 Å². The van der Waals surface area contributed by atoms with E-state index in [4.69, 9.17) is 17.3 Å². The van der Waals surface area contributed by atoms with Gasteiger partial charge in [-0.3, -0.25) is 0 Å². The van der Waals surface area contributed by atoms with Gasteiger partial charge in [0.15, 0.2) is 19.1 Å². The predicted octanol–water partition coefficient (Wildman–Crippen LogP) is 0.780. The normalized spacial score (nSPS) is 15.5. The van der Waals surface area contributed by atoms with Crippen molar-refractivity contribution in [3.8, 4) is 0 Å². The highest BCUT2D eigenvalue weighted by Crippen LogP contribution is 2.14. The number of hydrogen-bond donors (Lipinski definition) is 1. The number of H-pyrrole nitrogens is 1. The summed E-state index contributed by atoms with van der Waals surface area (Å²) < 4.78 is 4.86. The number of thiophene rings is 1. The van der Waals surface area contributed by atoms with Crippen LogP contribution in [0.25, 0.3) is 0 Å². The van der Waals surface area contributed by atoms with Crippen molar-refractivity contribution in [3.05, 3.63) is 57.5 Å². The van der Waals surface area contributed by atoms with Crippen molar-refractivity contribution < 1.29 is 9.88 Å². The molecule has 0 amide bonds. The molecule has 3 aromatic rings. The molecule has 1 fully saturated rings. The number of pyridine rings is 1. The number of aromatic nitrogens is 4. The first-order chi connectivity index (χ1) is 12.7. The number of quaternary nitrogens is 1. The van der Waals surface area contributed by atoms with Crippen molar-refractivity contribution in [2.75, 3.05) is 31.1 Å². The Bertz CT molecular complexity index is 892. The van der Waals surface area contributed by atoms with E-state index in [0.717, 1.165) is 49.9 Å². The van der Waals surface area contributed by atoms with Gasteiger partial charge in [0, 0.05) is 36.2 Å². The molecule has 1 aliphatic rings. The highest BCUT2D eigenvalue weighted by atomic mass is 32.1. The lowest BCUT2D eigenvalue weighted by atomic mass is 10.3. The molecule has 2 N–H and O–H groups in total. The number of aromatic amines is 1. The first-order valence-corrected chi connectivity index (χ1v) is 10.2. The summed E-state index contributed by atoms with van der Waals surface area (Å²) in [6.45, 7) is 5.14. The van der Waals surface area contributed by atoms with Crippen molar-refractivity contribution in [2.45, 2.75) is 13.1 Å². The van der Waals surface area contributed by atoms with Crippen molar-refractivity contribution in [1.82, 2.24) is 14.3 Å². The minimum atomic E-state index is 0.810. The summed E-state index contributed by atoms with van der Waals surface area (Å²) in [7, 11) is 2.02. The largest absolute Gasteiger partial charge is 0.360 e. The van der Waals surface area contributed by atoms with Crippen molar-refractivity contribution in [3.63, 3.8) is 0 Å². The molecular formula is C18H24N6S2+2. The molecule has 4 heterocycles. The second-order valence-electron chi connectivity index (χ2n) is 6.67. The fourth-order valence-corrected chi connectivity index (χ4v) is 4.31. The fraction of sp³-hybridized carbons (Fsp3) is 0.389. The molecule has 0 radical (unpaired) electrons. The van der Waals surface area contributed by atoms with E-state index in [1.807, 2.05) is 28.7 Å². The average Bonchev–Trinajstić information content (AvgIpc) is 3.28. The third-order valence-electron chi connectivity index (χ3n) is 4.95. The molecule has 1 saturated heterocycles. The van der Waals surface area contributed by atoms with Crippen LogP contribution in [0.3, 0.4) is 0 Å². The SMILES string of the molecule is Cn1c(Cc2cccs2)nn(C[NH+]2CCN(c3cc[nH+]cc3)CC2)c1=S. The van der Waals surface area contributed by atoms with Gasteiger partial charge in [-0.25, -0.2) is 4.98 Å². The molecule has 26 heavy (non-hydrogen) atoms. The zero-order chi connectivity index (χ0) is 17.9. The van der Waals surface area contributed by atoms with Gasteiger partial charge in [0.25, 0.3) is 0 Å². The van der Waals surface area contributed by atoms with Gasteiger partial charge in [-0.1, -0.05) is 6.07 Å². The molecule has 3 aromatic heterocycles. The van der Waals surface area contributed by atoms with Crippen LogP contribution in [-0.2, 0) is 20.1 Å². The first-order valence-electron chi connectivity index (χ1n) is 8.90. The number of hydrogen-bond acceptors (Lipinski definition) is 4. The van der Waals surface area contributed by atoms with Crippen LogP contribution >= 0.6 is 23.6 Å². The third-order valence-corrected chi connectivity index (χ3v) is 6.31. The zero-order valence-corrected chi connectivity index (χ0v) is 16.5. The topological polar surface area (TPSA) is 44.6 Å². The van der Waals surface area contributed by atoms with Crippen LogP contribution < -0.4 is 14.8 Å². The Kier molecular flexibility index (Phi) is 5.14. The quantitative estimate of drug-likeness (QED) is 0.657. The Labute approximate surface area is 162 Å². The van der Waals surface area contributed by atoms with E-state index in [1.54, 1.807) is 11.3 Å². The maximum absolute atomic E-state index is 5.62. The molecule has 0 bridgehead atoms. The van der Waals surface area contributed by atoms with Crippen LogP contribution in [0.4, 0.5) is 5.69 Å². The average molecular weight is 389 g/mol. The lowest BCUT2D eigenvalue weighted by molar-refractivity contribution is -0.924. The van der Waals surface area contributed by atoms with Crippen LogP contribution in [0.1, 0.15) is 10.7 Å². The highest BCUT2D eigenvalue weighted by Gasteiger charge is 2.22. The van der Waals surface area contributed by atoms with E-state index in [-0.39, 0.29) is 0 Å². The molecule has 1 aliphatic heterocycles. The third kappa shape index (κ3) is 3.72. The van der Waals surface area contributed by atoms with Crippen molar-refractivity contribution >= 4 is 29.2 Å². The van der Waals surface area contributed by atoms with E-state index >= 15 is 0 Å². The summed E-state index contributed by atoms with van der Waals surface area (Å²) in [5.74, 6) is 1.04. The smallest absolute Gasteiger partial charge is 0.202 e. The molecule has 0 aromatic carbocycles. The molecule has 0 atom stereocenters. The monoisotopic (exact) mass is 388 g/mol.